The number of rotatable bonds is 5. The maximum absolute atomic E-state index is 12.8. The molecule has 0 aliphatic heterocycles. The van der Waals surface area contributed by atoms with Crippen LogP contribution in [0.2, 0.25) is 0 Å². The molecule has 0 aliphatic carbocycles. The maximum atomic E-state index is 12.8. The summed E-state index contributed by atoms with van der Waals surface area (Å²) in [6.45, 7) is 3.41. The molecular formula is C8H17FO. The van der Waals surface area contributed by atoms with E-state index in [1.54, 1.807) is 13.8 Å². The van der Waals surface area contributed by atoms with Crippen molar-refractivity contribution in [2.24, 2.45) is 0 Å². The van der Waals surface area contributed by atoms with Gasteiger partial charge in [0.2, 0.25) is 0 Å². The molecule has 0 saturated carbocycles. The van der Waals surface area contributed by atoms with E-state index in [0.717, 1.165) is 19.3 Å². The molecule has 62 valence electrons. The zero-order valence-corrected chi connectivity index (χ0v) is 6.86. The summed E-state index contributed by atoms with van der Waals surface area (Å²) < 4.78 is 12.8. The van der Waals surface area contributed by atoms with Crippen LogP contribution >= 0.6 is 0 Å². The van der Waals surface area contributed by atoms with Crippen LogP contribution in [0.4, 0.5) is 4.39 Å². The topological polar surface area (TPSA) is 20.2 Å². The van der Waals surface area contributed by atoms with Crippen molar-refractivity contribution in [2.75, 3.05) is 6.61 Å². The van der Waals surface area contributed by atoms with Gasteiger partial charge in [0, 0.05) is 6.61 Å². The van der Waals surface area contributed by atoms with E-state index in [-0.39, 0.29) is 6.61 Å². The standard InChI is InChI=1S/C8H17FO/c1-8(2,9)6-4-3-5-7-10/h10H,3-7H2,1-2H3. The molecule has 0 fully saturated rings. The Kier molecular flexibility index (Phi) is 4.62. The zero-order valence-electron chi connectivity index (χ0n) is 6.86. The predicted octanol–water partition coefficient (Wildman–Crippen LogP) is 2.29. The molecule has 0 aromatic heterocycles. The second kappa shape index (κ2) is 4.67. The van der Waals surface area contributed by atoms with Gasteiger partial charge >= 0.3 is 0 Å². The first-order chi connectivity index (χ1) is 4.56. The maximum Gasteiger partial charge on any atom is 0.105 e. The Balaban J connectivity index is 3.04. The van der Waals surface area contributed by atoms with Crippen LogP contribution in [0, 0.1) is 0 Å². The van der Waals surface area contributed by atoms with E-state index in [0.29, 0.717) is 6.42 Å². The first kappa shape index (κ1) is 9.89. The molecule has 0 rings (SSSR count). The summed E-state index contributed by atoms with van der Waals surface area (Å²) in [6.07, 6.45) is 3.22. The molecule has 10 heavy (non-hydrogen) atoms. The molecule has 0 atom stereocenters. The summed E-state index contributed by atoms with van der Waals surface area (Å²) in [5, 5.41) is 8.40. The summed E-state index contributed by atoms with van der Waals surface area (Å²) in [5.41, 5.74) is -1.03. The third-order valence-electron chi connectivity index (χ3n) is 1.43. The largest absolute Gasteiger partial charge is 0.396 e. The van der Waals surface area contributed by atoms with Crippen LogP contribution in [0.5, 0.6) is 0 Å². The third-order valence-corrected chi connectivity index (χ3v) is 1.43. The van der Waals surface area contributed by atoms with Gasteiger partial charge in [0.1, 0.15) is 5.67 Å². The van der Waals surface area contributed by atoms with Gasteiger partial charge in [-0.05, 0) is 26.7 Å². The molecule has 1 nitrogen and oxygen atoms in total. The minimum Gasteiger partial charge on any atom is -0.396 e. The molecule has 0 spiro atoms. The second-order valence-corrected chi connectivity index (χ2v) is 3.25. The minimum atomic E-state index is -1.03. The molecule has 0 heterocycles. The molecule has 0 bridgehead atoms. The fourth-order valence-electron chi connectivity index (χ4n) is 0.834. The van der Waals surface area contributed by atoms with Gasteiger partial charge in [-0.1, -0.05) is 12.8 Å². The molecule has 0 aromatic rings. The van der Waals surface area contributed by atoms with Crippen LogP contribution in [0.3, 0.4) is 0 Å². The Morgan fingerprint density at radius 1 is 1.20 bits per heavy atom. The summed E-state index contributed by atoms with van der Waals surface area (Å²) in [4.78, 5) is 0. The molecule has 0 aliphatic rings. The summed E-state index contributed by atoms with van der Waals surface area (Å²) in [7, 11) is 0. The highest BCUT2D eigenvalue weighted by Gasteiger charge is 2.13. The van der Waals surface area contributed by atoms with Crippen LogP contribution in [0.25, 0.3) is 0 Å². The van der Waals surface area contributed by atoms with Gasteiger partial charge in [0.05, 0.1) is 0 Å². The van der Waals surface area contributed by atoms with Gasteiger partial charge in [-0.2, -0.15) is 0 Å². The summed E-state index contributed by atoms with van der Waals surface area (Å²) in [5.74, 6) is 0. The lowest BCUT2D eigenvalue weighted by atomic mass is 10.0. The van der Waals surface area contributed by atoms with Crippen LogP contribution in [-0.2, 0) is 0 Å². The Morgan fingerprint density at radius 2 is 1.80 bits per heavy atom. The van der Waals surface area contributed by atoms with Crippen LogP contribution in [0.1, 0.15) is 39.5 Å². The molecule has 0 saturated heterocycles. The van der Waals surface area contributed by atoms with Crippen molar-refractivity contribution in [1.82, 2.24) is 0 Å². The first-order valence-electron chi connectivity index (χ1n) is 3.86. The first-order valence-corrected chi connectivity index (χ1v) is 3.86. The zero-order chi connectivity index (χ0) is 8.04. The number of hydrogen-bond acceptors (Lipinski definition) is 1. The summed E-state index contributed by atoms with van der Waals surface area (Å²) in [6, 6.07) is 0. The van der Waals surface area contributed by atoms with Crippen molar-refractivity contribution >= 4 is 0 Å². The van der Waals surface area contributed by atoms with Gasteiger partial charge in [-0.15, -0.1) is 0 Å². The minimum absolute atomic E-state index is 0.229. The van der Waals surface area contributed by atoms with Crippen LogP contribution in [0.15, 0.2) is 0 Å². The summed E-state index contributed by atoms with van der Waals surface area (Å²) >= 11 is 0. The quantitative estimate of drug-likeness (QED) is 0.593. The van der Waals surface area contributed by atoms with Gasteiger partial charge in [0.25, 0.3) is 0 Å². The normalized spacial score (nSPS) is 12.0. The van der Waals surface area contributed by atoms with E-state index < -0.39 is 5.67 Å². The van der Waals surface area contributed by atoms with E-state index in [9.17, 15) is 4.39 Å². The lowest BCUT2D eigenvalue weighted by Gasteiger charge is -2.12. The molecule has 0 unspecified atom stereocenters. The van der Waals surface area contributed by atoms with Gasteiger partial charge < -0.3 is 5.11 Å². The number of hydrogen-bond donors (Lipinski definition) is 1. The van der Waals surface area contributed by atoms with Crippen molar-refractivity contribution < 1.29 is 9.50 Å². The number of alkyl halides is 1. The molecule has 0 amide bonds. The lowest BCUT2D eigenvalue weighted by molar-refractivity contribution is 0.192. The monoisotopic (exact) mass is 148 g/mol. The molecule has 2 heteroatoms. The second-order valence-electron chi connectivity index (χ2n) is 3.25. The van der Waals surface area contributed by atoms with E-state index >= 15 is 0 Å². The van der Waals surface area contributed by atoms with E-state index in [2.05, 4.69) is 0 Å². The SMILES string of the molecule is CC(C)(F)CCCCCO. The van der Waals surface area contributed by atoms with Crippen molar-refractivity contribution in [3.63, 3.8) is 0 Å². The number of halogens is 1. The van der Waals surface area contributed by atoms with E-state index in [1.165, 1.54) is 0 Å². The fraction of sp³-hybridized carbons (Fsp3) is 1.00. The van der Waals surface area contributed by atoms with E-state index in [1.807, 2.05) is 0 Å². The molecule has 1 N–H and O–H groups in total. The highest BCUT2D eigenvalue weighted by molar-refractivity contribution is 4.64. The third kappa shape index (κ3) is 7.89. The highest BCUT2D eigenvalue weighted by Crippen LogP contribution is 2.17. The smallest absolute Gasteiger partial charge is 0.105 e. The number of aliphatic hydroxyl groups is 1. The van der Waals surface area contributed by atoms with Crippen molar-refractivity contribution in [3.8, 4) is 0 Å². The van der Waals surface area contributed by atoms with Crippen molar-refractivity contribution in [3.05, 3.63) is 0 Å². The fourth-order valence-corrected chi connectivity index (χ4v) is 0.834. The van der Waals surface area contributed by atoms with Crippen LogP contribution < -0.4 is 0 Å². The number of unbranched alkanes of at least 4 members (excludes halogenated alkanes) is 2. The van der Waals surface area contributed by atoms with Gasteiger partial charge in [-0.25, -0.2) is 4.39 Å². The molecule has 0 radical (unpaired) electrons. The van der Waals surface area contributed by atoms with Crippen molar-refractivity contribution in [1.29, 1.82) is 0 Å². The van der Waals surface area contributed by atoms with Gasteiger partial charge in [-0.3, -0.25) is 0 Å². The Morgan fingerprint density at radius 3 is 2.20 bits per heavy atom. The lowest BCUT2D eigenvalue weighted by Crippen LogP contribution is -2.10. The average molecular weight is 148 g/mol. The van der Waals surface area contributed by atoms with Crippen molar-refractivity contribution in [2.45, 2.75) is 45.2 Å². The van der Waals surface area contributed by atoms with Crippen LogP contribution in [-0.4, -0.2) is 17.4 Å². The Hall–Kier alpha value is -0.110. The Labute approximate surface area is 62.3 Å². The van der Waals surface area contributed by atoms with E-state index in [4.69, 9.17) is 5.11 Å². The average Bonchev–Trinajstić information content (AvgIpc) is 1.78. The van der Waals surface area contributed by atoms with Gasteiger partial charge in [0.15, 0.2) is 0 Å². The number of aliphatic hydroxyl groups excluding tert-OH is 1. The highest BCUT2D eigenvalue weighted by atomic mass is 19.1. The molecule has 0 aromatic carbocycles. The Bertz CT molecular complexity index is 75.8. The predicted molar refractivity (Wildman–Crippen MR) is 40.7 cm³/mol. The molecular weight excluding hydrogens is 131 g/mol.